The van der Waals surface area contributed by atoms with Gasteiger partial charge in [-0.1, -0.05) is 23.4 Å². The van der Waals surface area contributed by atoms with Crippen molar-refractivity contribution in [2.24, 2.45) is 0 Å². The molecule has 0 bridgehead atoms. The Kier molecular flexibility index (Phi) is 5.18. The molecule has 1 N–H and O–H groups in total. The highest BCUT2D eigenvalue weighted by atomic mass is 19.1. The molecule has 2 aromatic rings. The molecule has 7 nitrogen and oxygen atoms in total. The monoisotopic (exact) mass is 373 g/mol. The highest BCUT2D eigenvalue weighted by Gasteiger charge is 2.31. The first-order valence-electron chi connectivity index (χ1n) is 9.43. The van der Waals surface area contributed by atoms with Gasteiger partial charge in [-0.3, -0.25) is 4.79 Å². The van der Waals surface area contributed by atoms with Crippen LogP contribution in [0.2, 0.25) is 0 Å². The van der Waals surface area contributed by atoms with Crippen LogP contribution in [0.5, 0.6) is 0 Å². The summed E-state index contributed by atoms with van der Waals surface area (Å²) in [6.07, 6.45) is 1.49. The van der Waals surface area contributed by atoms with E-state index in [0.717, 1.165) is 31.6 Å². The number of aromatic nitrogens is 3. The summed E-state index contributed by atoms with van der Waals surface area (Å²) in [5.41, 5.74) is 1.65. The first kappa shape index (κ1) is 18.1. The number of nitrogens with zero attached hydrogens (tertiary/aromatic N) is 4. The fourth-order valence-electron chi connectivity index (χ4n) is 3.84. The molecule has 1 unspecified atom stereocenters. The van der Waals surface area contributed by atoms with Gasteiger partial charge in [0.1, 0.15) is 11.9 Å². The summed E-state index contributed by atoms with van der Waals surface area (Å²) in [4.78, 5) is 14.7. The van der Waals surface area contributed by atoms with Crippen molar-refractivity contribution in [2.45, 2.75) is 31.9 Å². The van der Waals surface area contributed by atoms with E-state index in [1.165, 1.54) is 6.07 Å². The number of morpholine rings is 1. The summed E-state index contributed by atoms with van der Waals surface area (Å²) in [7, 11) is 0. The Morgan fingerprint density at radius 1 is 1.30 bits per heavy atom. The average molecular weight is 373 g/mol. The number of ether oxygens (including phenoxy) is 1. The predicted molar refractivity (Wildman–Crippen MR) is 96.9 cm³/mol. The summed E-state index contributed by atoms with van der Waals surface area (Å²) < 4.78 is 21.7. The quantitative estimate of drug-likeness (QED) is 0.889. The number of rotatable bonds is 3. The van der Waals surface area contributed by atoms with Gasteiger partial charge in [0, 0.05) is 12.1 Å². The number of amides is 1. The molecule has 4 rings (SSSR count). The largest absolute Gasteiger partial charge is 0.370 e. The highest BCUT2D eigenvalue weighted by molar-refractivity contribution is 5.93. The van der Waals surface area contributed by atoms with E-state index >= 15 is 0 Å². The van der Waals surface area contributed by atoms with E-state index in [4.69, 9.17) is 4.74 Å². The second-order valence-corrected chi connectivity index (χ2v) is 7.08. The predicted octanol–water partition coefficient (Wildman–Crippen LogP) is 1.86. The molecule has 0 radical (unpaired) electrons. The summed E-state index contributed by atoms with van der Waals surface area (Å²) in [5.74, 6) is -0.484. The molecule has 1 aromatic heterocycles. The molecular weight excluding hydrogens is 349 g/mol. The number of piperidine rings is 1. The summed E-state index contributed by atoms with van der Waals surface area (Å²) in [6.45, 7) is 4.92. The Bertz CT molecular complexity index is 818. The minimum Gasteiger partial charge on any atom is -0.370 e. The maximum Gasteiger partial charge on any atom is 0.276 e. The number of nitrogens with one attached hydrogen (secondary N) is 1. The zero-order valence-corrected chi connectivity index (χ0v) is 15.4. The maximum atomic E-state index is 14.1. The number of carbonyl (C=O) groups is 1. The molecule has 2 saturated heterocycles. The lowest BCUT2D eigenvalue weighted by molar-refractivity contribution is -0.0245. The van der Waals surface area contributed by atoms with Gasteiger partial charge in [0.2, 0.25) is 0 Å². The van der Waals surface area contributed by atoms with Crippen molar-refractivity contribution in [3.05, 3.63) is 47.0 Å². The maximum absolute atomic E-state index is 14.1. The summed E-state index contributed by atoms with van der Waals surface area (Å²) in [5, 5.41) is 11.7. The standard InChI is InChI=1S/C19H24FN5O2/c1-13-18(22-23-25(13)14-6-8-21-9-7-14)19(26)24-10-11-27-17(12-24)15-4-2-3-5-16(15)20/h2-5,14,17,21H,6-12H2,1H3. The van der Waals surface area contributed by atoms with Crippen LogP contribution in [0.4, 0.5) is 4.39 Å². The van der Waals surface area contributed by atoms with Crippen LogP contribution in [-0.2, 0) is 4.74 Å². The van der Waals surface area contributed by atoms with E-state index in [-0.39, 0.29) is 17.8 Å². The number of benzene rings is 1. The molecule has 1 amide bonds. The van der Waals surface area contributed by atoms with Crippen molar-refractivity contribution >= 4 is 5.91 Å². The van der Waals surface area contributed by atoms with Crippen LogP contribution in [0, 0.1) is 12.7 Å². The molecule has 0 saturated carbocycles. The third-order valence-electron chi connectivity index (χ3n) is 5.39. The minimum atomic E-state index is -0.469. The molecule has 8 heteroatoms. The Balaban J connectivity index is 1.51. The van der Waals surface area contributed by atoms with E-state index < -0.39 is 6.10 Å². The van der Waals surface area contributed by atoms with Crippen LogP contribution in [0.1, 0.15) is 46.7 Å². The van der Waals surface area contributed by atoms with E-state index in [0.29, 0.717) is 31.0 Å². The SMILES string of the molecule is Cc1c(C(=O)N2CCOC(c3ccccc3F)C2)nnn1C1CCNCC1. The van der Waals surface area contributed by atoms with Crippen molar-refractivity contribution < 1.29 is 13.9 Å². The van der Waals surface area contributed by atoms with Gasteiger partial charge in [-0.05, 0) is 38.9 Å². The topological polar surface area (TPSA) is 72.3 Å². The Hall–Kier alpha value is -2.32. The van der Waals surface area contributed by atoms with E-state index in [1.54, 1.807) is 23.1 Å². The second-order valence-electron chi connectivity index (χ2n) is 7.08. The Morgan fingerprint density at radius 3 is 2.85 bits per heavy atom. The Labute approximate surface area is 157 Å². The number of hydrogen-bond donors (Lipinski definition) is 1. The molecule has 2 aliphatic rings. The first-order valence-corrected chi connectivity index (χ1v) is 9.43. The van der Waals surface area contributed by atoms with Gasteiger partial charge in [0.05, 0.1) is 24.9 Å². The fraction of sp³-hybridized carbons (Fsp3) is 0.526. The second kappa shape index (κ2) is 7.74. The first-order chi connectivity index (χ1) is 13.1. The third kappa shape index (κ3) is 3.59. The van der Waals surface area contributed by atoms with Crippen molar-refractivity contribution in [1.82, 2.24) is 25.2 Å². The van der Waals surface area contributed by atoms with Crippen LogP contribution < -0.4 is 5.32 Å². The average Bonchev–Trinajstić information content (AvgIpc) is 3.10. The van der Waals surface area contributed by atoms with Gasteiger partial charge in [-0.2, -0.15) is 0 Å². The lowest BCUT2D eigenvalue weighted by Crippen LogP contribution is -2.42. The van der Waals surface area contributed by atoms with Gasteiger partial charge in [0.15, 0.2) is 5.69 Å². The molecule has 27 heavy (non-hydrogen) atoms. The van der Waals surface area contributed by atoms with Gasteiger partial charge in [-0.15, -0.1) is 5.10 Å². The van der Waals surface area contributed by atoms with Crippen LogP contribution in [0.15, 0.2) is 24.3 Å². The molecule has 2 aliphatic heterocycles. The lowest BCUT2D eigenvalue weighted by Gasteiger charge is -2.33. The van der Waals surface area contributed by atoms with Crippen molar-refractivity contribution in [1.29, 1.82) is 0 Å². The van der Waals surface area contributed by atoms with Crippen LogP contribution in [0.3, 0.4) is 0 Å². The highest BCUT2D eigenvalue weighted by Crippen LogP contribution is 2.26. The van der Waals surface area contributed by atoms with Crippen LogP contribution >= 0.6 is 0 Å². The third-order valence-corrected chi connectivity index (χ3v) is 5.39. The number of carbonyl (C=O) groups excluding carboxylic acids is 1. The zero-order chi connectivity index (χ0) is 18.8. The smallest absolute Gasteiger partial charge is 0.276 e. The van der Waals surface area contributed by atoms with Gasteiger partial charge in [-0.25, -0.2) is 9.07 Å². The molecule has 0 aliphatic carbocycles. The van der Waals surface area contributed by atoms with Crippen molar-refractivity contribution in [2.75, 3.05) is 32.8 Å². The van der Waals surface area contributed by atoms with E-state index in [9.17, 15) is 9.18 Å². The zero-order valence-electron chi connectivity index (χ0n) is 15.4. The summed E-state index contributed by atoms with van der Waals surface area (Å²) in [6, 6.07) is 6.81. The van der Waals surface area contributed by atoms with Crippen LogP contribution in [0.25, 0.3) is 0 Å². The molecule has 2 fully saturated rings. The minimum absolute atomic E-state index is 0.169. The number of hydrogen-bond acceptors (Lipinski definition) is 5. The molecule has 1 atom stereocenters. The lowest BCUT2D eigenvalue weighted by atomic mass is 10.1. The van der Waals surface area contributed by atoms with Gasteiger partial charge in [0.25, 0.3) is 5.91 Å². The van der Waals surface area contributed by atoms with Gasteiger partial charge < -0.3 is 15.0 Å². The molecule has 144 valence electrons. The molecule has 1 aromatic carbocycles. The van der Waals surface area contributed by atoms with E-state index in [1.807, 2.05) is 11.6 Å². The van der Waals surface area contributed by atoms with Crippen molar-refractivity contribution in [3.63, 3.8) is 0 Å². The molecule has 0 spiro atoms. The molecule has 3 heterocycles. The fourth-order valence-corrected chi connectivity index (χ4v) is 3.84. The Morgan fingerprint density at radius 2 is 2.07 bits per heavy atom. The van der Waals surface area contributed by atoms with E-state index in [2.05, 4.69) is 15.6 Å². The normalized spacial score (nSPS) is 21.4. The summed E-state index contributed by atoms with van der Waals surface area (Å²) >= 11 is 0. The molecular formula is C19H24FN5O2. The number of halogens is 1. The van der Waals surface area contributed by atoms with Gasteiger partial charge >= 0.3 is 0 Å². The van der Waals surface area contributed by atoms with Crippen LogP contribution in [-0.4, -0.2) is 58.6 Å². The van der Waals surface area contributed by atoms with Crippen molar-refractivity contribution in [3.8, 4) is 0 Å².